The molecular weight excluding hydrogens is 352 g/mol. The van der Waals surface area contributed by atoms with Crippen LogP contribution in [0.2, 0.25) is 0 Å². The molecule has 5 heteroatoms. The maximum Gasteiger partial charge on any atom is 0.320 e. The molecule has 0 spiro atoms. The zero-order chi connectivity index (χ0) is 19.8. The van der Waals surface area contributed by atoms with Crippen LogP contribution in [-0.2, 0) is 11.8 Å². The number of urea groups is 1. The maximum absolute atomic E-state index is 13.7. The van der Waals surface area contributed by atoms with E-state index < -0.39 is 0 Å². The molecule has 3 aliphatic heterocycles. The van der Waals surface area contributed by atoms with Crippen LogP contribution < -0.4 is 0 Å². The predicted octanol–water partition coefficient (Wildman–Crippen LogP) is 3.41. The van der Waals surface area contributed by atoms with E-state index in [1.165, 1.54) is 5.56 Å². The molecule has 0 saturated carbocycles. The summed E-state index contributed by atoms with van der Waals surface area (Å²) in [7, 11) is 0. The molecule has 1 aromatic rings. The van der Waals surface area contributed by atoms with Crippen molar-refractivity contribution in [2.24, 2.45) is 5.41 Å². The minimum Gasteiger partial charge on any atom is -0.508 e. The third-order valence-electron chi connectivity index (χ3n) is 8.80. The summed E-state index contributed by atoms with van der Waals surface area (Å²) in [6.45, 7) is 7.65. The number of aliphatic hydroxyl groups is 1. The fourth-order valence-corrected chi connectivity index (χ4v) is 6.76. The Kier molecular flexibility index (Phi) is 3.84. The molecule has 4 atom stereocenters. The highest BCUT2D eigenvalue weighted by atomic mass is 16.3. The molecule has 28 heavy (non-hydrogen) atoms. The van der Waals surface area contributed by atoms with Crippen LogP contribution in [-0.4, -0.2) is 56.8 Å². The van der Waals surface area contributed by atoms with Crippen LogP contribution in [0.15, 0.2) is 18.2 Å². The Morgan fingerprint density at radius 1 is 1.14 bits per heavy atom. The van der Waals surface area contributed by atoms with Gasteiger partial charge in [-0.1, -0.05) is 32.9 Å². The molecule has 0 radical (unpaired) electrons. The van der Waals surface area contributed by atoms with Crippen LogP contribution in [0.4, 0.5) is 4.79 Å². The molecule has 3 fully saturated rings. The van der Waals surface area contributed by atoms with Gasteiger partial charge < -0.3 is 20.0 Å². The zero-order valence-electron chi connectivity index (χ0n) is 17.2. The summed E-state index contributed by atoms with van der Waals surface area (Å²) in [5, 5.41) is 20.7. The highest BCUT2D eigenvalue weighted by molar-refractivity contribution is 5.77. The number of hydrogen-bond donors (Lipinski definition) is 2. The number of phenolic OH excluding ortho intramolecular Hbond substituents is 1. The summed E-state index contributed by atoms with van der Waals surface area (Å²) in [6, 6.07) is 6.48. The molecule has 2 N–H and O–H groups in total. The number of carbonyl (C=O) groups excluding carboxylic acids is 1. The second kappa shape index (κ2) is 5.88. The Balaban J connectivity index is 1.51. The number of aromatic hydroxyl groups is 1. The molecule has 2 unspecified atom stereocenters. The molecule has 1 aliphatic carbocycles. The van der Waals surface area contributed by atoms with Crippen molar-refractivity contribution in [3.63, 3.8) is 0 Å². The van der Waals surface area contributed by atoms with Crippen LogP contribution in [0, 0.1) is 5.41 Å². The zero-order valence-corrected chi connectivity index (χ0v) is 17.2. The molecule has 152 valence electrons. The van der Waals surface area contributed by atoms with E-state index in [0.717, 1.165) is 31.4 Å². The van der Waals surface area contributed by atoms with Gasteiger partial charge in [-0.15, -0.1) is 0 Å². The number of rotatable bonds is 0. The van der Waals surface area contributed by atoms with Crippen molar-refractivity contribution >= 4 is 6.03 Å². The van der Waals surface area contributed by atoms with Gasteiger partial charge in [0, 0.05) is 30.1 Å². The topological polar surface area (TPSA) is 64.0 Å². The third-order valence-corrected chi connectivity index (χ3v) is 8.80. The summed E-state index contributed by atoms with van der Waals surface area (Å²) in [5.41, 5.74) is 2.14. The minimum absolute atomic E-state index is 0.0577. The van der Waals surface area contributed by atoms with Crippen molar-refractivity contribution in [2.75, 3.05) is 6.54 Å². The van der Waals surface area contributed by atoms with Gasteiger partial charge in [-0.05, 0) is 61.1 Å². The standard InChI is InChI=1S/C23H32N2O3/c1-22(2)20-13-17-18(5-4-6-19(17)27)23(22,3)9-10-24(20)21(28)25-14-7-8-15(25)12-16(26)11-14/h4-6,14-16,20,26-27H,7-13H2,1-3H3/t14?,15?,16?,20-,23+/m1/s1. The SMILES string of the molecule is CC1(C)[C@H]2Cc3c(O)cccc3[C@]1(C)CCN2C(=O)N1C2CCC1CC(O)C2. The number of phenols is 1. The van der Waals surface area contributed by atoms with E-state index in [9.17, 15) is 15.0 Å². The number of amides is 2. The summed E-state index contributed by atoms with van der Waals surface area (Å²) in [6.07, 6.45) is 4.80. The van der Waals surface area contributed by atoms with Crippen molar-refractivity contribution in [2.45, 2.75) is 88.9 Å². The summed E-state index contributed by atoms with van der Waals surface area (Å²) in [4.78, 5) is 17.9. The van der Waals surface area contributed by atoms with Gasteiger partial charge in [0.15, 0.2) is 0 Å². The summed E-state index contributed by atoms with van der Waals surface area (Å²) in [5.74, 6) is 0.361. The van der Waals surface area contributed by atoms with Crippen LogP contribution in [0.1, 0.15) is 64.0 Å². The quantitative estimate of drug-likeness (QED) is 0.720. The van der Waals surface area contributed by atoms with Gasteiger partial charge in [0.1, 0.15) is 5.75 Å². The van der Waals surface area contributed by atoms with Crippen molar-refractivity contribution in [3.8, 4) is 5.75 Å². The van der Waals surface area contributed by atoms with Crippen molar-refractivity contribution in [1.29, 1.82) is 0 Å². The van der Waals surface area contributed by atoms with Gasteiger partial charge in [-0.3, -0.25) is 0 Å². The number of aliphatic hydroxyl groups excluding tert-OH is 1. The van der Waals surface area contributed by atoms with Gasteiger partial charge >= 0.3 is 6.03 Å². The number of likely N-dealkylation sites (tertiary alicyclic amines) is 1. The fraction of sp³-hybridized carbons (Fsp3) is 0.696. The van der Waals surface area contributed by atoms with Crippen LogP contribution in [0.25, 0.3) is 0 Å². The van der Waals surface area contributed by atoms with Crippen molar-refractivity contribution in [3.05, 3.63) is 29.3 Å². The largest absolute Gasteiger partial charge is 0.508 e. The number of hydrogen-bond acceptors (Lipinski definition) is 3. The first-order chi connectivity index (χ1) is 13.2. The number of benzene rings is 1. The number of piperidine rings is 2. The lowest BCUT2D eigenvalue weighted by Crippen LogP contribution is -2.67. The second-order valence-corrected chi connectivity index (χ2v) is 10.2. The average Bonchev–Trinajstić information content (AvgIpc) is 2.90. The molecule has 0 aromatic heterocycles. The molecule has 2 amide bonds. The fourth-order valence-electron chi connectivity index (χ4n) is 6.76. The van der Waals surface area contributed by atoms with Crippen molar-refractivity contribution < 1.29 is 15.0 Å². The number of nitrogens with zero attached hydrogens (tertiary/aromatic N) is 2. The van der Waals surface area contributed by atoms with Gasteiger partial charge in [-0.2, -0.15) is 0 Å². The van der Waals surface area contributed by atoms with E-state index >= 15 is 0 Å². The van der Waals surface area contributed by atoms with E-state index in [4.69, 9.17) is 0 Å². The highest BCUT2D eigenvalue weighted by Crippen LogP contribution is 2.57. The van der Waals surface area contributed by atoms with Gasteiger partial charge in [0.25, 0.3) is 0 Å². The molecular formula is C23H32N2O3. The summed E-state index contributed by atoms with van der Waals surface area (Å²) < 4.78 is 0. The van der Waals surface area contributed by atoms with Crippen molar-refractivity contribution in [1.82, 2.24) is 9.80 Å². The van der Waals surface area contributed by atoms with E-state index in [2.05, 4.69) is 36.6 Å². The third kappa shape index (κ3) is 2.25. The Morgan fingerprint density at radius 2 is 1.82 bits per heavy atom. The monoisotopic (exact) mass is 384 g/mol. The van der Waals surface area contributed by atoms with E-state index in [1.807, 2.05) is 6.07 Å². The first-order valence-electron chi connectivity index (χ1n) is 10.8. The smallest absolute Gasteiger partial charge is 0.320 e. The lowest BCUT2D eigenvalue weighted by atomic mass is 9.51. The average molecular weight is 385 g/mol. The molecule has 5 rings (SSSR count). The molecule has 4 aliphatic rings. The van der Waals surface area contributed by atoms with Crippen LogP contribution in [0.3, 0.4) is 0 Å². The van der Waals surface area contributed by atoms with E-state index in [0.29, 0.717) is 25.0 Å². The van der Waals surface area contributed by atoms with E-state index in [1.54, 1.807) is 6.07 Å². The minimum atomic E-state index is -0.263. The van der Waals surface area contributed by atoms with Gasteiger partial charge in [0.2, 0.25) is 0 Å². The van der Waals surface area contributed by atoms with Gasteiger partial charge in [0.05, 0.1) is 6.10 Å². The predicted molar refractivity (Wildman–Crippen MR) is 107 cm³/mol. The van der Waals surface area contributed by atoms with Crippen LogP contribution >= 0.6 is 0 Å². The molecule has 5 nitrogen and oxygen atoms in total. The normalized spacial score (nSPS) is 38.3. The number of carbonyl (C=O) groups is 1. The Morgan fingerprint density at radius 3 is 2.50 bits per heavy atom. The lowest BCUT2D eigenvalue weighted by Gasteiger charge is -2.61. The Labute approximate surface area is 167 Å². The second-order valence-electron chi connectivity index (χ2n) is 10.2. The highest BCUT2D eigenvalue weighted by Gasteiger charge is 2.58. The first-order valence-corrected chi connectivity index (χ1v) is 10.8. The summed E-state index contributed by atoms with van der Waals surface area (Å²) >= 11 is 0. The molecule has 4 bridgehead atoms. The lowest BCUT2D eigenvalue weighted by molar-refractivity contribution is -0.0339. The molecule has 1 aromatic carbocycles. The van der Waals surface area contributed by atoms with Crippen LogP contribution in [0.5, 0.6) is 5.75 Å². The number of fused-ring (bicyclic) bond motifs is 6. The Bertz CT molecular complexity index is 808. The Hall–Kier alpha value is -1.75. The first kappa shape index (κ1) is 18.3. The van der Waals surface area contributed by atoms with E-state index in [-0.39, 0.29) is 41.1 Å². The maximum atomic E-state index is 13.7. The molecule has 3 saturated heterocycles. The van der Waals surface area contributed by atoms with Gasteiger partial charge in [-0.25, -0.2) is 4.79 Å². The molecule has 3 heterocycles.